The largest absolute Gasteiger partial charge is 0.481 e. The van der Waals surface area contributed by atoms with Crippen molar-refractivity contribution in [2.24, 2.45) is 17.8 Å². The van der Waals surface area contributed by atoms with Crippen LogP contribution in [0.25, 0.3) is 0 Å². The molecule has 1 aromatic heterocycles. The molecule has 0 spiro atoms. The van der Waals surface area contributed by atoms with Crippen LogP contribution in [0, 0.1) is 17.8 Å². The number of carboxylic acids is 1. The van der Waals surface area contributed by atoms with Gasteiger partial charge in [-0.05, 0) is 40.0 Å². The molecule has 2 fully saturated rings. The van der Waals surface area contributed by atoms with Crippen LogP contribution in [0.2, 0.25) is 0 Å². The van der Waals surface area contributed by atoms with Crippen molar-refractivity contribution in [2.45, 2.75) is 6.54 Å². The maximum Gasteiger partial charge on any atom is 0.307 e. The van der Waals surface area contributed by atoms with E-state index < -0.39 is 5.97 Å². The normalized spacial score (nSPS) is 25.2. The zero-order valence-corrected chi connectivity index (χ0v) is 12.2. The van der Waals surface area contributed by atoms with Crippen LogP contribution < -0.4 is 0 Å². The first-order chi connectivity index (χ1) is 11.1. The second-order valence-electron chi connectivity index (χ2n) is 6.11. The average molecular weight is 313 g/mol. The van der Waals surface area contributed by atoms with Gasteiger partial charge in [0.05, 0.1) is 12.5 Å². The summed E-state index contributed by atoms with van der Waals surface area (Å²) in [5.74, 6) is -0.752. The van der Waals surface area contributed by atoms with E-state index in [1.54, 1.807) is 21.7 Å². The SMILES string of the molecule is O=C(O)C1[C@H]2CN(C(=O)c3ccc(Cn4cnnn4)cc3)C[C@@H]12. The van der Waals surface area contributed by atoms with E-state index in [4.69, 9.17) is 5.11 Å². The van der Waals surface area contributed by atoms with Gasteiger partial charge in [-0.1, -0.05) is 12.1 Å². The van der Waals surface area contributed by atoms with Gasteiger partial charge in [-0.25, -0.2) is 4.68 Å². The molecule has 118 valence electrons. The number of amides is 1. The van der Waals surface area contributed by atoms with Crippen LogP contribution in [0.1, 0.15) is 15.9 Å². The highest BCUT2D eigenvalue weighted by molar-refractivity contribution is 5.94. The topological polar surface area (TPSA) is 101 Å². The van der Waals surface area contributed by atoms with Gasteiger partial charge in [0, 0.05) is 18.7 Å². The molecule has 23 heavy (non-hydrogen) atoms. The number of aromatic nitrogens is 4. The van der Waals surface area contributed by atoms with Crippen LogP contribution in [-0.4, -0.2) is 55.2 Å². The molecule has 2 aliphatic rings. The lowest BCUT2D eigenvalue weighted by Gasteiger charge is -2.19. The van der Waals surface area contributed by atoms with E-state index in [2.05, 4.69) is 15.5 Å². The molecule has 3 atom stereocenters. The number of hydrogen-bond donors (Lipinski definition) is 1. The van der Waals surface area contributed by atoms with Crippen molar-refractivity contribution in [3.05, 3.63) is 41.7 Å². The van der Waals surface area contributed by atoms with Gasteiger partial charge in [0.15, 0.2) is 0 Å². The summed E-state index contributed by atoms with van der Waals surface area (Å²) in [6.45, 7) is 1.65. The lowest BCUT2D eigenvalue weighted by atomic mass is 10.1. The monoisotopic (exact) mass is 313 g/mol. The molecule has 1 aliphatic carbocycles. The van der Waals surface area contributed by atoms with E-state index in [0.29, 0.717) is 25.2 Å². The molecule has 1 N–H and O–H groups in total. The van der Waals surface area contributed by atoms with E-state index >= 15 is 0 Å². The van der Waals surface area contributed by atoms with Gasteiger partial charge < -0.3 is 10.0 Å². The third-order valence-electron chi connectivity index (χ3n) is 4.70. The third kappa shape index (κ3) is 2.45. The molecule has 4 rings (SSSR count). The number of carboxylic acid groups (broad SMARTS) is 1. The quantitative estimate of drug-likeness (QED) is 0.860. The molecule has 1 saturated heterocycles. The minimum Gasteiger partial charge on any atom is -0.481 e. The molecule has 2 heterocycles. The fraction of sp³-hybridized carbons (Fsp3) is 0.400. The van der Waals surface area contributed by atoms with E-state index in [1.807, 2.05) is 12.1 Å². The second kappa shape index (κ2) is 5.15. The highest BCUT2D eigenvalue weighted by atomic mass is 16.4. The van der Waals surface area contributed by atoms with Crippen molar-refractivity contribution in [1.82, 2.24) is 25.1 Å². The zero-order valence-electron chi connectivity index (χ0n) is 12.2. The number of rotatable bonds is 4. The number of nitrogens with zero attached hydrogens (tertiary/aromatic N) is 5. The molecule has 0 radical (unpaired) electrons. The van der Waals surface area contributed by atoms with E-state index in [0.717, 1.165) is 5.56 Å². The Balaban J connectivity index is 1.39. The molecule has 1 saturated carbocycles. The summed E-state index contributed by atoms with van der Waals surface area (Å²) in [5, 5.41) is 20.0. The second-order valence-corrected chi connectivity index (χ2v) is 6.11. The first-order valence-electron chi connectivity index (χ1n) is 7.45. The van der Waals surface area contributed by atoms with E-state index in [9.17, 15) is 9.59 Å². The zero-order chi connectivity index (χ0) is 16.0. The molecular formula is C15H15N5O3. The average Bonchev–Trinajstić information content (AvgIpc) is 2.93. The van der Waals surface area contributed by atoms with Gasteiger partial charge in [-0.15, -0.1) is 5.10 Å². The number of benzene rings is 1. The minimum absolute atomic E-state index is 0.0321. The Morgan fingerprint density at radius 3 is 2.43 bits per heavy atom. The smallest absolute Gasteiger partial charge is 0.307 e. The van der Waals surface area contributed by atoms with Crippen LogP contribution in [0.15, 0.2) is 30.6 Å². The Kier molecular flexibility index (Phi) is 3.10. The summed E-state index contributed by atoms with van der Waals surface area (Å²) in [5.41, 5.74) is 1.63. The van der Waals surface area contributed by atoms with Crippen molar-refractivity contribution >= 4 is 11.9 Å². The summed E-state index contributed by atoms with van der Waals surface area (Å²) in [6.07, 6.45) is 1.54. The third-order valence-corrected chi connectivity index (χ3v) is 4.70. The number of carbonyl (C=O) groups is 2. The molecule has 1 aliphatic heterocycles. The lowest BCUT2D eigenvalue weighted by molar-refractivity contribution is -0.139. The summed E-state index contributed by atoms with van der Waals surface area (Å²) in [7, 11) is 0. The maximum absolute atomic E-state index is 12.5. The van der Waals surface area contributed by atoms with Crippen molar-refractivity contribution in [3.63, 3.8) is 0 Å². The Labute approximate surface area is 131 Å². The molecule has 1 aromatic carbocycles. The Hall–Kier alpha value is -2.77. The lowest BCUT2D eigenvalue weighted by Crippen LogP contribution is -2.32. The van der Waals surface area contributed by atoms with Gasteiger partial charge >= 0.3 is 5.97 Å². The highest BCUT2D eigenvalue weighted by Crippen LogP contribution is 2.51. The van der Waals surface area contributed by atoms with Crippen LogP contribution in [0.5, 0.6) is 0 Å². The van der Waals surface area contributed by atoms with Crippen LogP contribution >= 0.6 is 0 Å². The summed E-state index contributed by atoms with van der Waals surface area (Å²) in [6, 6.07) is 7.35. The van der Waals surface area contributed by atoms with Gasteiger partial charge in [-0.2, -0.15) is 0 Å². The van der Waals surface area contributed by atoms with Crippen LogP contribution in [-0.2, 0) is 11.3 Å². The molecule has 0 bridgehead atoms. The summed E-state index contributed by atoms with van der Waals surface area (Å²) in [4.78, 5) is 25.2. The van der Waals surface area contributed by atoms with Crippen LogP contribution in [0.4, 0.5) is 0 Å². The highest BCUT2D eigenvalue weighted by Gasteiger charge is 2.60. The maximum atomic E-state index is 12.5. The fourth-order valence-corrected chi connectivity index (χ4v) is 3.43. The number of hydrogen-bond acceptors (Lipinski definition) is 5. The molecular weight excluding hydrogens is 298 g/mol. The molecule has 8 heteroatoms. The van der Waals surface area contributed by atoms with E-state index in [-0.39, 0.29) is 23.7 Å². The van der Waals surface area contributed by atoms with Gasteiger partial charge in [0.1, 0.15) is 6.33 Å². The minimum atomic E-state index is -0.737. The van der Waals surface area contributed by atoms with Crippen LogP contribution in [0.3, 0.4) is 0 Å². The first kappa shape index (κ1) is 13.9. The van der Waals surface area contributed by atoms with Gasteiger partial charge in [-0.3, -0.25) is 9.59 Å². The number of fused-ring (bicyclic) bond motifs is 1. The van der Waals surface area contributed by atoms with Crippen molar-refractivity contribution in [3.8, 4) is 0 Å². The van der Waals surface area contributed by atoms with Gasteiger partial charge in [0.25, 0.3) is 5.91 Å². The number of tetrazole rings is 1. The van der Waals surface area contributed by atoms with Crippen molar-refractivity contribution < 1.29 is 14.7 Å². The first-order valence-corrected chi connectivity index (χ1v) is 7.45. The number of likely N-dealkylation sites (tertiary alicyclic amines) is 1. The Bertz CT molecular complexity index is 731. The molecule has 1 amide bonds. The van der Waals surface area contributed by atoms with Crippen molar-refractivity contribution in [1.29, 1.82) is 0 Å². The summed E-state index contributed by atoms with van der Waals surface area (Å²) >= 11 is 0. The standard InChI is InChI=1S/C15H15N5O3/c21-14(19-6-11-12(7-19)13(11)15(22)23)10-3-1-9(2-4-10)5-20-8-16-17-18-20/h1-4,8,11-13H,5-7H2,(H,22,23)/t11-,12+,13?. The fourth-order valence-electron chi connectivity index (χ4n) is 3.43. The van der Waals surface area contributed by atoms with Crippen molar-refractivity contribution in [2.75, 3.05) is 13.1 Å². The predicted octanol–water partition coefficient (Wildman–Crippen LogP) is 0.124. The molecule has 8 nitrogen and oxygen atoms in total. The molecule has 2 aromatic rings. The summed E-state index contributed by atoms with van der Waals surface area (Å²) < 4.78 is 1.61. The molecule has 1 unspecified atom stereocenters. The van der Waals surface area contributed by atoms with Gasteiger partial charge in [0.2, 0.25) is 0 Å². The number of piperidine rings is 1. The Morgan fingerprint density at radius 1 is 1.17 bits per heavy atom. The number of aliphatic carboxylic acids is 1. The number of carbonyl (C=O) groups excluding carboxylic acids is 1. The Morgan fingerprint density at radius 2 is 1.87 bits per heavy atom. The van der Waals surface area contributed by atoms with E-state index in [1.165, 1.54) is 6.33 Å². The predicted molar refractivity (Wildman–Crippen MR) is 77.4 cm³/mol.